The topological polar surface area (TPSA) is 57.2 Å². The normalized spacial score (nSPS) is 14.7. The number of aromatic nitrogens is 3. The fourth-order valence-corrected chi connectivity index (χ4v) is 2.55. The van der Waals surface area contributed by atoms with Gasteiger partial charge in [-0.05, 0) is 12.1 Å². The van der Waals surface area contributed by atoms with E-state index in [0.29, 0.717) is 37.1 Å². The summed E-state index contributed by atoms with van der Waals surface area (Å²) in [4.78, 5) is 8.55. The summed E-state index contributed by atoms with van der Waals surface area (Å²) in [6, 6.07) is 6.86. The first kappa shape index (κ1) is 15.2. The van der Waals surface area contributed by atoms with Gasteiger partial charge in [0.05, 0.1) is 11.9 Å². The van der Waals surface area contributed by atoms with Gasteiger partial charge in [-0.25, -0.2) is 4.39 Å². The van der Waals surface area contributed by atoms with Crippen LogP contribution in [0.2, 0.25) is 0 Å². The average Bonchev–Trinajstić information content (AvgIpc) is 2.61. The Bertz CT molecular complexity index is 669. The third-order valence-corrected chi connectivity index (χ3v) is 3.73. The lowest BCUT2D eigenvalue weighted by Crippen LogP contribution is -2.47. The summed E-state index contributed by atoms with van der Waals surface area (Å²) < 4.78 is 13.9. The zero-order valence-corrected chi connectivity index (χ0v) is 12.8. The number of hydrogen-bond acceptors (Lipinski definition) is 6. The minimum atomic E-state index is -0.186. The highest BCUT2D eigenvalue weighted by molar-refractivity contribution is 5.50. The van der Waals surface area contributed by atoms with Crippen molar-refractivity contribution in [3.63, 3.8) is 0 Å². The van der Waals surface area contributed by atoms with Crippen molar-refractivity contribution in [1.29, 1.82) is 0 Å². The first-order valence-electron chi connectivity index (χ1n) is 7.57. The minimum absolute atomic E-state index is 0.186. The SMILES string of the molecule is C=CCNc1cnnc(N2CCN(c3ccccc3F)CC2)n1. The van der Waals surface area contributed by atoms with E-state index in [1.165, 1.54) is 6.07 Å². The maximum absolute atomic E-state index is 13.9. The molecule has 0 aliphatic carbocycles. The van der Waals surface area contributed by atoms with Gasteiger partial charge in [0.2, 0.25) is 5.95 Å². The minimum Gasteiger partial charge on any atom is -0.366 e. The first-order valence-corrected chi connectivity index (χ1v) is 7.57. The standard InChI is InChI=1S/C16H19FN6/c1-2-7-18-15-12-19-21-16(20-15)23-10-8-22(9-11-23)14-6-4-3-5-13(14)17/h2-6,12H,1,7-11H2,(H,18,20,21). The Labute approximate surface area is 134 Å². The molecule has 0 spiro atoms. The number of rotatable bonds is 5. The molecule has 0 amide bonds. The van der Waals surface area contributed by atoms with E-state index in [2.05, 4.69) is 32.0 Å². The summed E-state index contributed by atoms with van der Waals surface area (Å²) in [7, 11) is 0. The second kappa shape index (κ2) is 7.04. The number of nitrogens with zero attached hydrogens (tertiary/aromatic N) is 5. The average molecular weight is 314 g/mol. The van der Waals surface area contributed by atoms with Crippen molar-refractivity contribution in [2.24, 2.45) is 0 Å². The van der Waals surface area contributed by atoms with Crippen LogP contribution < -0.4 is 15.1 Å². The smallest absolute Gasteiger partial charge is 0.247 e. The molecule has 2 heterocycles. The summed E-state index contributed by atoms with van der Waals surface area (Å²) >= 11 is 0. The first-order chi connectivity index (χ1) is 11.3. The van der Waals surface area contributed by atoms with Gasteiger partial charge in [0.25, 0.3) is 0 Å². The Morgan fingerprint density at radius 2 is 1.91 bits per heavy atom. The Balaban J connectivity index is 1.65. The predicted molar refractivity (Wildman–Crippen MR) is 89.3 cm³/mol. The second-order valence-electron chi connectivity index (χ2n) is 5.24. The number of para-hydroxylation sites is 1. The third-order valence-electron chi connectivity index (χ3n) is 3.73. The predicted octanol–water partition coefficient (Wildman–Crippen LogP) is 1.94. The molecule has 1 N–H and O–H groups in total. The number of benzene rings is 1. The maximum Gasteiger partial charge on any atom is 0.247 e. The Morgan fingerprint density at radius 1 is 1.17 bits per heavy atom. The van der Waals surface area contributed by atoms with Crippen molar-refractivity contribution >= 4 is 17.5 Å². The van der Waals surface area contributed by atoms with Crippen molar-refractivity contribution in [2.45, 2.75) is 0 Å². The van der Waals surface area contributed by atoms with Gasteiger partial charge < -0.3 is 15.1 Å². The van der Waals surface area contributed by atoms with E-state index in [-0.39, 0.29) is 5.82 Å². The van der Waals surface area contributed by atoms with Crippen LogP contribution in [0.15, 0.2) is 43.1 Å². The molecule has 1 saturated heterocycles. The number of halogens is 1. The Morgan fingerprint density at radius 3 is 2.65 bits per heavy atom. The van der Waals surface area contributed by atoms with Crippen LogP contribution in [0.4, 0.5) is 21.8 Å². The summed E-state index contributed by atoms with van der Waals surface area (Å²) in [5, 5.41) is 11.2. The van der Waals surface area contributed by atoms with Crippen LogP contribution in [0.1, 0.15) is 0 Å². The molecule has 0 bridgehead atoms. The highest BCUT2D eigenvalue weighted by atomic mass is 19.1. The van der Waals surface area contributed by atoms with Crippen molar-refractivity contribution in [3.05, 3.63) is 48.9 Å². The van der Waals surface area contributed by atoms with Crippen molar-refractivity contribution in [1.82, 2.24) is 15.2 Å². The molecule has 23 heavy (non-hydrogen) atoms. The molecule has 1 aliphatic rings. The molecule has 0 atom stereocenters. The summed E-state index contributed by atoms with van der Waals surface area (Å²) in [6.45, 7) is 7.16. The Kier molecular flexibility index (Phi) is 4.65. The van der Waals surface area contributed by atoms with Crippen molar-refractivity contribution in [2.75, 3.05) is 47.8 Å². The fraction of sp³-hybridized carbons (Fsp3) is 0.312. The van der Waals surface area contributed by atoms with E-state index in [0.717, 1.165) is 13.1 Å². The van der Waals surface area contributed by atoms with Gasteiger partial charge in [0.15, 0.2) is 5.82 Å². The number of nitrogens with one attached hydrogen (secondary N) is 1. The van der Waals surface area contributed by atoms with E-state index in [9.17, 15) is 4.39 Å². The number of hydrogen-bond donors (Lipinski definition) is 1. The molecule has 1 aromatic heterocycles. The van der Waals surface area contributed by atoms with Gasteiger partial charge in [-0.2, -0.15) is 10.1 Å². The van der Waals surface area contributed by atoms with Gasteiger partial charge in [0.1, 0.15) is 5.82 Å². The van der Waals surface area contributed by atoms with Crippen LogP contribution >= 0.6 is 0 Å². The van der Waals surface area contributed by atoms with E-state index in [4.69, 9.17) is 0 Å². The van der Waals surface area contributed by atoms with Gasteiger partial charge in [-0.15, -0.1) is 11.7 Å². The largest absolute Gasteiger partial charge is 0.366 e. The molecule has 6 nitrogen and oxygen atoms in total. The molecule has 1 aliphatic heterocycles. The molecule has 0 unspecified atom stereocenters. The monoisotopic (exact) mass is 314 g/mol. The molecule has 120 valence electrons. The van der Waals surface area contributed by atoms with Crippen LogP contribution in [0.5, 0.6) is 0 Å². The molecule has 0 radical (unpaired) electrons. The van der Waals surface area contributed by atoms with E-state index in [1.807, 2.05) is 17.0 Å². The van der Waals surface area contributed by atoms with Crippen molar-refractivity contribution < 1.29 is 4.39 Å². The molecular weight excluding hydrogens is 295 g/mol. The highest BCUT2D eigenvalue weighted by Crippen LogP contribution is 2.21. The van der Waals surface area contributed by atoms with E-state index >= 15 is 0 Å². The lowest BCUT2D eigenvalue weighted by Gasteiger charge is -2.36. The molecule has 3 rings (SSSR count). The quantitative estimate of drug-likeness (QED) is 0.851. The lowest BCUT2D eigenvalue weighted by atomic mass is 10.2. The molecule has 7 heteroatoms. The van der Waals surface area contributed by atoms with E-state index in [1.54, 1.807) is 18.3 Å². The van der Waals surface area contributed by atoms with Gasteiger partial charge in [-0.3, -0.25) is 0 Å². The van der Waals surface area contributed by atoms with Crippen LogP contribution in [0.3, 0.4) is 0 Å². The Hall–Kier alpha value is -2.70. The number of piperazine rings is 1. The van der Waals surface area contributed by atoms with Gasteiger partial charge >= 0.3 is 0 Å². The summed E-state index contributed by atoms with van der Waals surface area (Å²) in [5.41, 5.74) is 0.646. The van der Waals surface area contributed by atoms with Gasteiger partial charge in [0, 0.05) is 32.7 Å². The van der Waals surface area contributed by atoms with Gasteiger partial charge in [-0.1, -0.05) is 18.2 Å². The van der Waals surface area contributed by atoms with Crippen LogP contribution in [0, 0.1) is 5.82 Å². The van der Waals surface area contributed by atoms with Crippen LogP contribution in [-0.4, -0.2) is 47.9 Å². The van der Waals surface area contributed by atoms with E-state index < -0.39 is 0 Å². The van der Waals surface area contributed by atoms with Crippen LogP contribution in [-0.2, 0) is 0 Å². The van der Waals surface area contributed by atoms with Crippen LogP contribution in [0.25, 0.3) is 0 Å². The highest BCUT2D eigenvalue weighted by Gasteiger charge is 2.21. The molecule has 1 fully saturated rings. The third kappa shape index (κ3) is 3.56. The molecule has 0 saturated carbocycles. The fourth-order valence-electron chi connectivity index (χ4n) is 2.55. The lowest BCUT2D eigenvalue weighted by molar-refractivity contribution is 0.592. The zero-order valence-electron chi connectivity index (χ0n) is 12.8. The zero-order chi connectivity index (χ0) is 16.1. The number of anilines is 3. The molecule has 1 aromatic carbocycles. The van der Waals surface area contributed by atoms with Crippen molar-refractivity contribution in [3.8, 4) is 0 Å². The summed E-state index contributed by atoms with van der Waals surface area (Å²) in [5.74, 6) is 1.08. The molecule has 2 aromatic rings. The second-order valence-corrected chi connectivity index (χ2v) is 5.24. The molecular formula is C16H19FN6. The summed E-state index contributed by atoms with van der Waals surface area (Å²) in [6.07, 6.45) is 3.34. The maximum atomic E-state index is 13.9.